The predicted octanol–water partition coefficient (Wildman–Crippen LogP) is 3.79. The average molecular weight is 263 g/mol. The standard InChI is InChI=1S/C17H13NO2/c1-12-2-5-14(6-3-12)15(10-18)8-13-4-7-16-17(9-13)20-11-19-16/h2-9H,11H2,1H3/b15-8-. The maximum atomic E-state index is 9.33. The minimum Gasteiger partial charge on any atom is -0.454 e. The van der Waals surface area contributed by atoms with Gasteiger partial charge in [0.25, 0.3) is 0 Å². The second-order valence-electron chi connectivity index (χ2n) is 4.65. The molecule has 0 aliphatic carbocycles. The highest BCUT2D eigenvalue weighted by Crippen LogP contribution is 2.33. The van der Waals surface area contributed by atoms with Crippen molar-refractivity contribution in [3.8, 4) is 17.6 Å². The number of hydrogen-bond donors (Lipinski definition) is 0. The Morgan fingerprint density at radius 2 is 1.85 bits per heavy atom. The van der Waals surface area contributed by atoms with Crippen LogP contribution in [0.15, 0.2) is 42.5 Å². The molecule has 1 aliphatic rings. The Kier molecular flexibility index (Phi) is 3.14. The molecule has 0 atom stereocenters. The summed E-state index contributed by atoms with van der Waals surface area (Å²) in [7, 11) is 0. The van der Waals surface area contributed by atoms with Crippen LogP contribution in [0, 0.1) is 18.3 Å². The molecule has 0 saturated carbocycles. The highest BCUT2D eigenvalue weighted by atomic mass is 16.7. The minimum absolute atomic E-state index is 0.256. The highest BCUT2D eigenvalue weighted by Gasteiger charge is 2.12. The SMILES string of the molecule is Cc1ccc(/C(C#N)=C\c2ccc3c(c2)OCO3)cc1. The number of benzene rings is 2. The summed E-state index contributed by atoms with van der Waals surface area (Å²) in [5.41, 5.74) is 3.64. The van der Waals surface area contributed by atoms with Crippen molar-refractivity contribution in [2.45, 2.75) is 6.92 Å². The second kappa shape index (κ2) is 5.10. The molecular formula is C17H13NO2. The molecule has 3 rings (SSSR count). The van der Waals surface area contributed by atoms with Crippen LogP contribution in [-0.2, 0) is 0 Å². The molecule has 0 fully saturated rings. The Morgan fingerprint density at radius 3 is 2.60 bits per heavy atom. The van der Waals surface area contributed by atoms with Gasteiger partial charge in [0.15, 0.2) is 11.5 Å². The smallest absolute Gasteiger partial charge is 0.231 e. The van der Waals surface area contributed by atoms with Gasteiger partial charge in [-0.25, -0.2) is 0 Å². The normalized spacial score (nSPS) is 13.1. The maximum absolute atomic E-state index is 9.33. The number of hydrogen-bond acceptors (Lipinski definition) is 3. The van der Waals surface area contributed by atoms with Gasteiger partial charge in [-0.15, -0.1) is 0 Å². The Hall–Kier alpha value is -2.73. The van der Waals surface area contributed by atoms with Gasteiger partial charge >= 0.3 is 0 Å². The summed E-state index contributed by atoms with van der Waals surface area (Å²) in [6, 6.07) is 15.8. The van der Waals surface area contributed by atoms with Gasteiger partial charge in [0.2, 0.25) is 6.79 Å². The molecule has 2 aromatic rings. The number of aryl methyl sites for hydroxylation is 1. The fourth-order valence-corrected chi connectivity index (χ4v) is 2.08. The topological polar surface area (TPSA) is 42.2 Å². The number of allylic oxidation sites excluding steroid dienone is 1. The first-order valence-corrected chi connectivity index (χ1v) is 6.35. The van der Waals surface area contributed by atoms with Crippen LogP contribution < -0.4 is 9.47 Å². The Bertz CT molecular complexity index is 709. The highest BCUT2D eigenvalue weighted by molar-refractivity contribution is 5.89. The molecule has 98 valence electrons. The van der Waals surface area contributed by atoms with Crippen molar-refractivity contribution < 1.29 is 9.47 Å². The van der Waals surface area contributed by atoms with Crippen LogP contribution in [0.4, 0.5) is 0 Å². The lowest BCUT2D eigenvalue weighted by Gasteiger charge is -2.02. The minimum atomic E-state index is 0.256. The third-order valence-corrected chi connectivity index (χ3v) is 3.19. The molecule has 3 nitrogen and oxygen atoms in total. The van der Waals surface area contributed by atoms with Crippen LogP contribution in [0.25, 0.3) is 11.6 Å². The molecule has 1 heterocycles. The Labute approximate surface area is 117 Å². The molecule has 3 heteroatoms. The number of nitrogens with zero attached hydrogens (tertiary/aromatic N) is 1. The summed E-state index contributed by atoms with van der Waals surface area (Å²) in [5.74, 6) is 1.47. The molecule has 0 aromatic heterocycles. The fraction of sp³-hybridized carbons (Fsp3) is 0.118. The van der Waals surface area contributed by atoms with Crippen molar-refractivity contribution in [2.75, 3.05) is 6.79 Å². The zero-order valence-corrected chi connectivity index (χ0v) is 11.1. The van der Waals surface area contributed by atoms with Gasteiger partial charge in [0.1, 0.15) is 0 Å². The van der Waals surface area contributed by atoms with Crippen molar-refractivity contribution in [3.63, 3.8) is 0 Å². The van der Waals surface area contributed by atoms with Gasteiger partial charge in [-0.05, 0) is 36.3 Å². The number of ether oxygens (including phenoxy) is 2. The molecule has 0 radical (unpaired) electrons. The fourth-order valence-electron chi connectivity index (χ4n) is 2.08. The van der Waals surface area contributed by atoms with Gasteiger partial charge in [0.05, 0.1) is 11.6 Å². The lowest BCUT2D eigenvalue weighted by Crippen LogP contribution is -1.92. The van der Waals surface area contributed by atoms with Crippen LogP contribution in [0.3, 0.4) is 0 Å². The van der Waals surface area contributed by atoms with E-state index >= 15 is 0 Å². The van der Waals surface area contributed by atoms with E-state index in [4.69, 9.17) is 9.47 Å². The van der Waals surface area contributed by atoms with Gasteiger partial charge < -0.3 is 9.47 Å². The summed E-state index contributed by atoms with van der Waals surface area (Å²) < 4.78 is 10.6. The van der Waals surface area contributed by atoms with E-state index in [0.717, 1.165) is 22.6 Å². The van der Waals surface area contributed by atoms with Crippen LogP contribution in [0.5, 0.6) is 11.5 Å². The molecule has 1 aliphatic heterocycles. The van der Waals surface area contributed by atoms with Gasteiger partial charge in [-0.1, -0.05) is 35.9 Å². The van der Waals surface area contributed by atoms with Crippen LogP contribution in [-0.4, -0.2) is 6.79 Å². The number of fused-ring (bicyclic) bond motifs is 1. The molecule has 2 aromatic carbocycles. The summed E-state index contributed by atoms with van der Waals surface area (Å²) >= 11 is 0. The van der Waals surface area contributed by atoms with E-state index in [-0.39, 0.29) is 6.79 Å². The summed E-state index contributed by atoms with van der Waals surface area (Å²) in [5, 5.41) is 9.33. The van der Waals surface area contributed by atoms with E-state index in [1.807, 2.05) is 55.5 Å². The van der Waals surface area contributed by atoms with E-state index in [9.17, 15) is 5.26 Å². The van der Waals surface area contributed by atoms with Crippen LogP contribution in [0.1, 0.15) is 16.7 Å². The molecule has 0 N–H and O–H groups in total. The summed E-state index contributed by atoms with van der Waals surface area (Å²) in [6.07, 6.45) is 1.85. The van der Waals surface area contributed by atoms with E-state index in [0.29, 0.717) is 5.57 Å². The molecular weight excluding hydrogens is 250 g/mol. The lowest BCUT2D eigenvalue weighted by molar-refractivity contribution is 0.174. The van der Waals surface area contributed by atoms with Crippen molar-refractivity contribution in [1.29, 1.82) is 5.26 Å². The van der Waals surface area contributed by atoms with Crippen LogP contribution in [0.2, 0.25) is 0 Å². The van der Waals surface area contributed by atoms with Crippen molar-refractivity contribution in [2.24, 2.45) is 0 Å². The molecule has 20 heavy (non-hydrogen) atoms. The monoisotopic (exact) mass is 263 g/mol. The van der Waals surface area contributed by atoms with E-state index in [1.54, 1.807) is 0 Å². The van der Waals surface area contributed by atoms with Gasteiger partial charge in [0, 0.05) is 0 Å². The van der Waals surface area contributed by atoms with E-state index < -0.39 is 0 Å². The third kappa shape index (κ3) is 2.36. The first kappa shape index (κ1) is 12.3. The Balaban J connectivity index is 1.97. The summed E-state index contributed by atoms with van der Waals surface area (Å²) in [6.45, 7) is 2.28. The van der Waals surface area contributed by atoms with Crippen LogP contribution >= 0.6 is 0 Å². The first-order valence-electron chi connectivity index (χ1n) is 6.35. The average Bonchev–Trinajstić information content (AvgIpc) is 2.93. The first-order chi connectivity index (χ1) is 9.76. The molecule has 0 spiro atoms. The van der Waals surface area contributed by atoms with Crippen molar-refractivity contribution >= 4 is 11.6 Å². The largest absolute Gasteiger partial charge is 0.454 e. The zero-order chi connectivity index (χ0) is 13.9. The molecule has 0 amide bonds. The van der Waals surface area contributed by atoms with Gasteiger partial charge in [-0.3, -0.25) is 0 Å². The quantitative estimate of drug-likeness (QED) is 0.611. The second-order valence-corrected chi connectivity index (χ2v) is 4.65. The molecule has 0 bridgehead atoms. The number of rotatable bonds is 2. The van der Waals surface area contributed by atoms with Crippen molar-refractivity contribution in [3.05, 3.63) is 59.2 Å². The predicted molar refractivity (Wildman–Crippen MR) is 77.2 cm³/mol. The van der Waals surface area contributed by atoms with Crippen molar-refractivity contribution in [1.82, 2.24) is 0 Å². The van der Waals surface area contributed by atoms with E-state index in [2.05, 4.69) is 6.07 Å². The molecule has 0 unspecified atom stereocenters. The third-order valence-electron chi connectivity index (χ3n) is 3.19. The van der Waals surface area contributed by atoms with E-state index in [1.165, 1.54) is 5.56 Å². The van der Waals surface area contributed by atoms with Gasteiger partial charge in [-0.2, -0.15) is 5.26 Å². The molecule has 0 saturated heterocycles. The maximum Gasteiger partial charge on any atom is 0.231 e. The number of nitriles is 1. The Morgan fingerprint density at radius 1 is 1.10 bits per heavy atom. The lowest BCUT2D eigenvalue weighted by atomic mass is 10.0. The summed E-state index contributed by atoms with van der Waals surface area (Å²) in [4.78, 5) is 0. The zero-order valence-electron chi connectivity index (χ0n) is 11.1.